The molecule has 0 aliphatic carbocycles. The number of phosphoric acid groups is 1. The standard InChI is InChI=1S/C37H40Cl6NO13P/c1-4-20-50-32-29(44-33(45)51-23-36(38,39)40)31(53-34(46)54-35(2,3)37(41,42)43)30(28(52-32)22-49-24-48-21-25-14-8-5-9-15-25)57-58(47,55-26-16-10-6-11-17-26)56-27-18-12-7-13-19-27/h4-20,28-32H,21-24H2,1-3H3,(H,44,45)/b20-4+/t28-,29-,30-,31-,32+/m1/s1. The van der Waals surface area contributed by atoms with Crippen LogP contribution in [-0.2, 0) is 48.9 Å². The summed E-state index contributed by atoms with van der Waals surface area (Å²) in [7, 11) is -4.85. The van der Waals surface area contributed by atoms with E-state index in [-0.39, 0.29) is 31.5 Å². The highest BCUT2D eigenvalue weighted by Crippen LogP contribution is 2.52. The SMILES string of the molecule is C/C=C/O[C@H]1O[C@H](COCOCc2ccccc2)[C@@H](OP(=O)(Oc2ccccc2)Oc2ccccc2)[C@H](OC(=O)OC(C)(C)C(Cl)(Cl)Cl)[C@H]1NC(=O)OCC(Cl)(Cl)Cl. The monoisotopic (exact) mass is 947 g/mol. The van der Waals surface area contributed by atoms with Gasteiger partial charge in [-0.2, -0.15) is 0 Å². The Bertz CT molecular complexity index is 1760. The fraction of sp³-hybridized carbons (Fsp3) is 0.405. The van der Waals surface area contributed by atoms with E-state index in [1.807, 2.05) is 30.3 Å². The summed E-state index contributed by atoms with van der Waals surface area (Å²) in [6, 6.07) is 23.6. The van der Waals surface area contributed by atoms with Gasteiger partial charge < -0.3 is 47.5 Å². The number of para-hydroxylation sites is 2. The van der Waals surface area contributed by atoms with Crippen molar-refractivity contribution in [1.29, 1.82) is 0 Å². The maximum atomic E-state index is 14.9. The van der Waals surface area contributed by atoms with Crippen molar-refractivity contribution in [3.8, 4) is 11.5 Å². The highest BCUT2D eigenvalue weighted by atomic mass is 35.6. The Labute approximate surface area is 365 Å². The number of phosphoric ester groups is 1. The number of amides is 1. The highest BCUT2D eigenvalue weighted by molar-refractivity contribution is 7.49. The number of rotatable bonds is 18. The molecule has 0 bridgehead atoms. The molecule has 0 spiro atoms. The van der Waals surface area contributed by atoms with E-state index in [4.69, 9.17) is 116 Å². The summed E-state index contributed by atoms with van der Waals surface area (Å²) >= 11 is 35.7. The molecular weight excluding hydrogens is 910 g/mol. The predicted molar refractivity (Wildman–Crippen MR) is 218 cm³/mol. The van der Waals surface area contributed by atoms with Crippen LogP contribution in [0.1, 0.15) is 26.3 Å². The lowest BCUT2D eigenvalue weighted by Gasteiger charge is -2.45. The van der Waals surface area contributed by atoms with Crippen LogP contribution in [-0.4, -0.2) is 76.1 Å². The first-order chi connectivity index (χ1) is 27.4. The minimum absolute atomic E-state index is 0.0705. The molecule has 1 fully saturated rings. The van der Waals surface area contributed by atoms with Gasteiger partial charge in [0.1, 0.15) is 43.1 Å². The number of halogens is 6. The third-order valence-electron chi connectivity index (χ3n) is 7.63. The van der Waals surface area contributed by atoms with Crippen molar-refractivity contribution in [2.24, 2.45) is 0 Å². The van der Waals surface area contributed by atoms with E-state index >= 15 is 0 Å². The summed E-state index contributed by atoms with van der Waals surface area (Å²) < 4.78 is 68.8. The number of hydrogen-bond acceptors (Lipinski definition) is 13. The van der Waals surface area contributed by atoms with Crippen molar-refractivity contribution in [1.82, 2.24) is 5.32 Å². The van der Waals surface area contributed by atoms with Gasteiger partial charge in [-0.1, -0.05) is 142 Å². The molecule has 3 aromatic rings. The molecule has 1 amide bonds. The van der Waals surface area contributed by atoms with Gasteiger partial charge in [0.2, 0.25) is 13.9 Å². The summed E-state index contributed by atoms with van der Waals surface area (Å²) in [5.74, 6) is 0.141. The molecule has 0 unspecified atom stereocenters. The van der Waals surface area contributed by atoms with E-state index in [1.54, 1.807) is 43.3 Å². The van der Waals surface area contributed by atoms with Crippen LogP contribution in [0.5, 0.6) is 11.5 Å². The van der Waals surface area contributed by atoms with Gasteiger partial charge in [-0.25, -0.2) is 14.2 Å². The zero-order valence-electron chi connectivity index (χ0n) is 31.1. The zero-order chi connectivity index (χ0) is 42.4. The molecule has 0 radical (unpaired) electrons. The molecule has 1 aliphatic rings. The molecule has 14 nitrogen and oxygen atoms in total. The van der Waals surface area contributed by atoms with Crippen molar-refractivity contribution in [2.45, 2.75) is 71.2 Å². The van der Waals surface area contributed by atoms with Gasteiger partial charge in [0.25, 0.3) is 0 Å². The van der Waals surface area contributed by atoms with E-state index in [0.717, 1.165) is 5.56 Å². The van der Waals surface area contributed by atoms with E-state index in [9.17, 15) is 14.2 Å². The molecule has 4 rings (SSSR count). The average Bonchev–Trinajstić information content (AvgIpc) is 3.15. The Morgan fingerprint density at radius 1 is 0.828 bits per heavy atom. The molecule has 0 aromatic heterocycles. The Morgan fingerprint density at radius 2 is 1.40 bits per heavy atom. The minimum Gasteiger partial charge on any atom is -0.470 e. The first-order valence-electron chi connectivity index (χ1n) is 17.2. The van der Waals surface area contributed by atoms with Crippen LogP contribution < -0.4 is 14.4 Å². The minimum atomic E-state index is -4.85. The number of carbonyl (C=O) groups excluding carboxylic acids is 2. The molecule has 21 heteroatoms. The first-order valence-corrected chi connectivity index (χ1v) is 21.0. The van der Waals surface area contributed by atoms with Gasteiger partial charge in [-0.05, 0) is 50.6 Å². The fourth-order valence-electron chi connectivity index (χ4n) is 4.85. The molecular formula is C37H40Cl6NO13P. The summed E-state index contributed by atoms with van der Waals surface area (Å²) in [5.41, 5.74) is -0.914. The second-order valence-electron chi connectivity index (χ2n) is 12.6. The number of alkyl carbamates (subject to hydrolysis) is 1. The Hall–Kier alpha value is -2.85. The van der Waals surface area contributed by atoms with Crippen LogP contribution in [0.2, 0.25) is 0 Å². The van der Waals surface area contributed by atoms with Gasteiger partial charge in [0.05, 0.1) is 19.5 Å². The van der Waals surface area contributed by atoms with Crippen molar-refractivity contribution in [2.75, 3.05) is 20.0 Å². The number of alkyl halides is 6. The average molecular weight is 950 g/mol. The normalized spacial score (nSPS) is 20.2. The molecule has 1 N–H and O–H groups in total. The lowest BCUT2D eigenvalue weighted by molar-refractivity contribution is -0.261. The Morgan fingerprint density at radius 3 is 1.93 bits per heavy atom. The van der Waals surface area contributed by atoms with Gasteiger partial charge in [-0.15, -0.1) is 0 Å². The molecule has 3 aromatic carbocycles. The lowest BCUT2D eigenvalue weighted by Crippen LogP contribution is -2.66. The van der Waals surface area contributed by atoms with Crippen LogP contribution in [0.15, 0.2) is 103 Å². The second-order valence-corrected chi connectivity index (χ2v) is 18.9. The maximum Gasteiger partial charge on any atom is 0.588 e. The van der Waals surface area contributed by atoms with E-state index in [0.29, 0.717) is 0 Å². The van der Waals surface area contributed by atoms with Crippen LogP contribution >= 0.6 is 77.4 Å². The maximum absolute atomic E-state index is 14.9. The van der Waals surface area contributed by atoms with E-state index in [2.05, 4.69) is 5.32 Å². The van der Waals surface area contributed by atoms with Gasteiger partial charge in [0.15, 0.2) is 11.7 Å². The second kappa shape index (κ2) is 22.1. The first kappa shape index (κ1) is 47.8. The smallest absolute Gasteiger partial charge is 0.470 e. The fourth-order valence-corrected chi connectivity index (χ4v) is 6.56. The molecule has 1 saturated heterocycles. The predicted octanol–water partition coefficient (Wildman–Crippen LogP) is 10.2. The van der Waals surface area contributed by atoms with E-state index in [1.165, 1.54) is 50.5 Å². The summed E-state index contributed by atoms with van der Waals surface area (Å²) in [6.45, 7) is 3.10. The summed E-state index contributed by atoms with van der Waals surface area (Å²) in [6.07, 6.45) is -6.27. The highest BCUT2D eigenvalue weighted by Gasteiger charge is 2.55. The van der Waals surface area contributed by atoms with Crippen molar-refractivity contribution in [3.05, 3.63) is 109 Å². The molecule has 1 aliphatic heterocycles. The van der Waals surface area contributed by atoms with Crippen molar-refractivity contribution >= 4 is 89.7 Å². The Kier molecular flexibility index (Phi) is 18.2. The molecule has 0 saturated carbocycles. The van der Waals surface area contributed by atoms with Gasteiger partial charge in [0, 0.05) is 0 Å². The quantitative estimate of drug-likeness (QED) is 0.0321. The van der Waals surface area contributed by atoms with Gasteiger partial charge >= 0.3 is 20.1 Å². The number of benzene rings is 3. The molecule has 5 atom stereocenters. The molecule has 318 valence electrons. The number of carbonyl (C=O) groups is 2. The number of allylic oxidation sites excluding steroid dienone is 1. The van der Waals surface area contributed by atoms with Crippen molar-refractivity contribution < 1.29 is 60.9 Å². The van der Waals surface area contributed by atoms with Crippen LogP contribution in [0, 0.1) is 0 Å². The molecule has 58 heavy (non-hydrogen) atoms. The summed E-state index contributed by atoms with van der Waals surface area (Å²) in [4.78, 5) is 26.9. The third-order valence-corrected chi connectivity index (χ3v) is 10.7. The number of hydrogen-bond donors (Lipinski definition) is 1. The largest absolute Gasteiger partial charge is 0.588 e. The third kappa shape index (κ3) is 15.6. The van der Waals surface area contributed by atoms with E-state index < -0.39 is 70.5 Å². The lowest BCUT2D eigenvalue weighted by atomic mass is 9.96. The van der Waals surface area contributed by atoms with Crippen molar-refractivity contribution in [3.63, 3.8) is 0 Å². The summed E-state index contributed by atoms with van der Waals surface area (Å²) in [5, 5.41) is 2.48. The van der Waals surface area contributed by atoms with Gasteiger partial charge in [-0.3, -0.25) is 4.52 Å². The number of ether oxygens (including phenoxy) is 7. The molecule has 1 heterocycles. The number of nitrogens with one attached hydrogen (secondary N) is 1. The van der Waals surface area contributed by atoms with Crippen LogP contribution in [0.25, 0.3) is 0 Å². The van der Waals surface area contributed by atoms with Crippen LogP contribution in [0.3, 0.4) is 0 Å². The Balaban J connectivity index is 1.78. The zero-order valence-corrected chi connectivity index (χ0v) is 36.5. The topological polar surface area (TPSA) is 156 Å². The van der Waals surface area contributed by atoms with Crippen LogP contribution in [0.4, 0.5) is 9.59 Å².